The Morgan fingerprint density at radius 2 is 1.54 bits per heavy atom. The Balaban J connectivity index is 0.00000480. The number of halogens is 1. The van der Waals surface area contributed by atoms with Gasteiger partial charge in [-0.05, 0) is 60.0 Å². The van der Waals surface area contributed by atoms with Gasteiger partial charge in [0.1, 0.15) is 31.3 Å². The van der Waals surface area contributed by atoms with E-state index in [0.29, 0.717) is 30.0 Å². The first-order valence-corrected chi connectivity index (χ1v) is 15.4. The van der Waals surface area contributed by atoms with Crippen molar-refractivity contribution in [1.29, 1.82) is 0 Å². The van der Waals surface area contributed by atoms with Crippen LogP contribution in [0, 0.1) is 0 Å². The minimum absolute atomic E-state index is 0. The fourth-order valence-corrected chi connectivity index (χ4v) is 5.55. The molecule has 1 saturated heterocycles. The first-order valence-electron chi connectivity index (χ1n) is 15.4. The standard InChI is InChI=1S/C37H39N3O5.HI/c1-40(24-25-44-32-10-6-3-7-11-32)22-20-33(21-23-40)45-37(43)39-35-26-28(14-18-34(35)30-8-4-2-5-9-30)15-19-36(42)38-31-16-12-29(27-41)13-17-31;/h2-14,16-18,26-27,33H,15,19-25H2,1H3,(H-,38,39,41,42,43);1H. The van der Waals surface area contributed by atoms with Crippen molar-refractivity contribution in [3.05, 3.63) is 114 Å². The topological polar surface area (TPSA) is 93.7 Å². The van der Waals surface area contributed by atoms with Crippen LogP contribution in [-0.2, 0) is 16.0 Å². The van der Waals surface area contributed by atoms with E-state index in [2.05, 4.69) is 17.7 Å². The molecule has 4 aromatic carbocycles. The number of benzene rings is 4. The Kier molecular flexibility index (Phi) is 12.7. The smallest absolute Gasteiger partial charge is 0.411 e. The molecule has 0 radical (unpaired) electrons. The van der Waals surface area contributed by atoms with Crippen molar-refractivity contribution in [3.63, 3.8) is 0 Å². The van der Waals surface area contributed by atoms with Crippen LogP contribution >= 0.6 is 0 Å². The number of nitrogens with one attached hydrogen (secondary N) is 2. The van der Waals surface area contributed by atoms with E-state index in [4.69, 9.17) is 9.47 Å². The summed E-state index contributed by atoms with van der Waals surface area (Å²) in [6.45, 7) is 3.35. The largest absolute Gasteiger partial charge is 1.00 e. The number of likely N-dealkylation sites (tertiary alicyclic amines) is 1. The summed E-state index contributed by atoms with van der Waals surface area (Å²) in [5.74, 6) is 0.743. The Hall–Kier alpha value is -4.22. The monoisotopic (exact) mass is 733 g/mol. The second-order valence-corrected chi connectivity index (χ2v) is 11.7. The lowest BCUT2D eigenvalue weighted by molar-refractivity contribution is -0.915. The molecule has 4 aromatic rings. The number of hydrogen-bond donors (Lipinski definition) is 2. The molecule has 0 bridgehead atoms. The molecule has 1 aliphatic rings. The van der Waals surface area contributed by atoms with Crippen LogP contribution in [0.4, 0.5) is 16.2 Å². The lowest BCUT2D eigenvalue weighted by atomic mass is 9.99. The number of rotatable bonds is 12. The van der Waals surface area contributed by atoms with Gasteiger partial charge >= 0.3 is 6.09 Å². The van der Waals surface area contributed by atoms with E-state index in [1.165, 1.54) is 0 Å². The van der Waals surface area contributed by atoms with E-state index in [1.54, 1.807) is 24.3 Å². The SMILES string of the molecule is C[N+]1(CCOc2ccccc2)CCC(OC(=O)Nc2cc(CCC(=O)Nc3ccc(C=O)cc3)ccc2-c2ccccc2)CC1.[I-]. The number of amides is 2. The third-order valence-corrected chi connectivity index (χ3v) is 8.28. The summed E-state index contributed by atoms with van der Waals surface area (Å²) in [6, 6.07) is 32.3. The summed E-state index contributed by atoms with van der Waals surface area (Å²) in [7, 11) is 2.23. The van der Waals surface area contributed by atoms with Crippen LogP contribution in [0.15, 0.2) is 103 Å². The van der Waals surface area contributed by atoms with Gasteiger partial charge < -0.3 is 43.3 Å². The van der Waals surface area contributed by atoms with E-state index in [0.717, 1.165) is 65.7 Å². The number of piperidine rings is 1. The maximum Gasteiger partial charge on any atom is 0.411 e. The Bertz CT molecular complexity index is 1570. The molecule has 2 N–H and O–H groups in total. The van der Waals surface area contributed by atoms with Gasteiger partial charge in [-0.2, -0.15) is 0 Å². The van der Waals surface area contributed by atoms with Gasteiger partial charge in [-0.3, -0.25) is 14.9 Å². The molecule has 0 saturated carbocycles. The molecule has 0 spiro atoms. The van der Waals surface area contributed by atoms with Crippen molar-refractivity contribution in [2.75, 3.05) is 43.9 Å². The van der Waals surface area contributed by atoms with E-state index >= 15 is 0 Å². The quantitative estimate of drug-likeness (QED) is 0.131. The van der Waals surface area contributed by atoms with Gasteiger partial charge in [0.05, 0.1) is 25.8 Å². The summed E-state index contributed by atoms with van der Waals surface area (Å²) < 4.78 is 12.7. The van der Waals surface area contributed by atoms with Gasteiger partial charge in [-0.1, -0.05) is 60.7 Å². The predicted octanol–water partition coefficient (Wildman–Crippen LogP) is 3.98. The number of carbonyl (C=O) groups is 3. The van der Waals surface area contributed by atoms with Crippen LogP contribution in [0.5, 0.6) is 5.75 Å². The molecule has 1 heterocycles. The predicted molar refractivity (Wildman–Crippen MR) is 177 cm³/mol. The van der Waals surface area contributed by atoms with Crippen LogP contribution in [0.1, 0.15) is 35.2 Å². The first-order chi connectivity index (χ1) is 21.9. The Labute approximate surface area is 287 Å². The van der Waals surface area contributed by atoms with Crippen molar-refractivity contribution in [2.24, 2.45) is 0 Å². The zero-order chi connectivity index (χ0) is 31.5. The number of aldehydes is 1. The molecule has 1 fully saturated rings. The molecule has 1 aliphatic heterocycles. The van der Waals surface area contributed by atoms with Crippen molar-refractivity contribution in [2.45, 2.75) is 31.8 Å². The normalized spacial score (nSPS) is 17.2. The van der Waals surface area contributed by atoms with Crippen molar-refractivity contribution in [3.8, 4) is 16.9 Å². The highest BCUT2D eigenvalue weighted by molar-refractivity contribution is 5.93. The van der Waals surface area contributed by atoms with E-state index in [9.17, 15) is 14.4 Å². The molecule has 46 heavy (non-hydrogen) atoms. The molecule has 0 atom stereocenters. The number of nitrogens with zero attached hydrogens (tertiary/aromatic N) is 1. The molecular weight excluding hydrogens is 693 g/mol. The van der Waals surface area contributed by atoms with Crippen LogP contribution in [0.2, 0.25) is 0 Å². The highest BCUT2D eigenvalue weighted by Crippen LogP contribution is 2.30. The summed E-state index contributed by atoms with van der Waals surface area (Å²) >= 11 is 0. The zero-order valence-corrected chi connectivity index (χ0v) is 28.2. The number of ether oxygens (including phenoxy) is 2. The number of aryl methyl sites for hydroxylation is 1. The maximum atomic E-state index is 13.1. The minimum Gasteiger partial charge on any atom is -1.00 e. The summed E-state index contributed by atoms with van der Waals surface area (Å²) in [5.41, 5.74) is 4.60. The third-order valence-electron chi connectivity index (χ3n) is 8.28. The molecule has 9 heteroatoms. The average molecular weight is 734 g/mol. The summed E-state index contributed by atoms with van der Waals surface area (Å²) in [4.78, 5) is 36.6. The van der Waals surface area contributed by atoms with E-state index < -0.39 is 6.09 Å². The second-order valence-electron chi connectivity index (χ2n) is 11.7. The van der Waals surface area contributed by atoms with Gasteiger partial charge in [0.2, 0.25) is 5.91 Å². The first kappa shape index (κ1) is 34.6. The fourth-order valence-electron chi connectivity index (χ4n) is 5.55. The third kappa shape index (κ3) is 10.1. The van der Waals surface area contributed by atoms with E-state index in [-0.39, 0.29) is 42.4 Å². The molecule has 240 valence electrons. The van der Waals surface area contributed by atoms with Crippen LogP contribution < -0.4 is 39.3 Å². The van der Waals surface area contributed by atoms with Crippen molar-refractivity contribution in [1.82, 2.24) is 0 Å². The average Bonchev–Trinajstić information content (AvgIpc) is 3.06. The fraction of sp³-hybridized carbons (Fsp3) is 0.270. The van der Waals surface area contributed by atoms with Gasteiger partial charge in [0, 0.05) is 36.1 Å². The Morgan fingerprint density at radius 1 is 0.870 bits per heavy atom. The van der Waals surface area contributed by atoms with E-state index in [1.807, 2.05) is 78.9 Å². The number of carbonyl (C=O) groups excluding carboxylic acids is 3. The minimum atomic E-state index is -0.477. The van der Waals surface area contributed by atoms with Crippen LogP contribution in [0.3, 0.4) is 0 Å². The number of likely N-dealkylation sites (N-methyl/N-ethyl adjacent to an activating group) is 1. The number of para-hydroxylation sites is 1. The number of hydrogen-bond acceptors (Lipinski definition) is 5. The summed E-state index contributed by atoms with van der Waals surface area (Å²) in [6.07, 6.45) is 2.46. The maximum absolute atomic E-state index is 13.1. The molecule has 0 aromatic heterocycles. The van der Waals surface area contributed by atoms with Gasteiger partial charge in [0.15, 0.2) is 0 Å². The molecule has 2 amide bonds. The molecule has 8 nitrogen and oxygen atoms in total. The lowest BCUT2D eigenvalue weighted by Gasteiger charge is -2.40. The summed E-state index contributed by atoms with van der Waals surface area (Å²) in [5, 5.41) is 5.86. The molecule has 5 rings (SSSR count). The van der Waals surface area contributed by atoms with Gasteiger partial charge in [-0.15, -0.1) is 0 Å². The Morgan fingerprint density at radius 3 is 2.22 bits per heavy atom. The molecule has 0 unspecified atom stereocenters. The van der Waals surface area contributed by atoms with Crippen LogP contribution in [0.25, 0.3) is 11.1 Å². The lowest BCUT2D eigenvalue weighted by Crippen LogP contribution is -3.00. The van der Waals surface area contributed by atoms with Crippen molar-refractivity contribution < 1.29 is 52.3 Å². The highest BCUT2D eigenvalue weighted by atomic mass is 127. The highest BCUT2D eigenvalue weighted by Gasteiger charge is 2.32. The number of anilines is 2. The zero-order valence-electron chi connectivity index (χ0n) is 26.0. The molecular formula is C37H40IN3O5. The van der Waals surface area contributed by atoms with Gasteiger partial charge in [0.25, 0.3) is 0 Å². The molecule has 0 aliphatic carbocycles. The van der Waals surface area contributed by atoms with Crippen molar-refractivity contribution >= 4 is 29.7 Å². The van der Waals surface area contributed by atoms with Crippen LogP contribution in [-0.4, -0.2) is 62.2 Å². The van der Waals surface area contributed by atoms with Gasteiger partial charge in [-0.25, -0.2) is 4.79 Å². The number of quaternary nitrogens is 1. The second kappa shape index (κ2) is 16.9.